The van der Waals surface area contributed by atoms with Crippen molar-refractivity contribution in [3.05, 3.63) is 92.4 Å². The number of likely N-dealkylation sites (N-methyl/N-ethyl adjacent to an activating group) is 1. The Morgan fingerprint density at radius 3 is 2.44 bits per heavy atom. The summed E-state index contributed by atoms with van der Waals surface area (Å²) in [5, 5.41) is 24.0. The van der Waals surface area contributed by atoms with Gasteiger partial charge in [0.05, 0.1) is 17.1 Å². The molecule has 1 aromatic heterocycles. The summed E-state index contributed by atoms with van der Waals surface area (Å²) in [4.78, 5) is 41.8. The van der Waals surface area contributed by atoms with Crippen LogP contribution in [0, 0.1) is 10.1 Å². The van der Waals surface area contributed by atoms with E-state index in [2.05, 4.69) is 10.3 Å². The number of pyridine rings is 1. The molecule has 0 spiro atoms. The summed E-state index contributed by atoms with van der Waals surface area (Å²) < 4.78 is 5.50. The molecule has 0 aliphatic carbocycles. The molecule has 1 aliphatic heterocycles. The van der Waals surface area contributed by atoms with Gasteiger partial charge in [-0.1, -0.05) is 30.3 Å². The number of esters is 1. The third kappa shape index (κ3) is 5.65. The number of aromatic nitrogens is 1. The molecule has 178 valence electrons. The highest BCUT2D eigenvalue weighted by Crippen LogP contribution is 2.38. The van der Waals surface area contributed by atoms with Gasteiger partial charge < -0.3 is 25.3 Å². The largest absolute Gasteiger partial charge is 0.478 e. The van der Waals surface area contributed by atoms with Crippen molar-refractivity contribution in [3.8, 4) is 0 Å². The second-order valence-electron chi connectivity index (χ2n) is 7.98. The van der Waals surface area contributed by atoms with Crippen LogP contribution in [0.1, 0.15) is 31.0 Å². The lowest BCUT2D eigenvalue weighted by Gasteiger charge is -2.27. The highest BCUT2D eigenvalue weighted by molar-refractivity contribution is 5.99. The van der Waals surface area contributed by atoms with E-state index in [1.807, 2.05) is 42.3 Å². The maximum Gasteiger partial charge on any atom is 0.363 e. The number of carboxylic acid groups (broad SMARTS) is 1. The fourth-order valence-electron chi connectivity index (χ4n) is 3.89. The molecule has 10 heteroatoms. The van der Waals surface area contributed by atoms with Gasteiger partial charge in [-0.15, -0.1) is 0 Å². The molecule has 34 heavy (non-hydrogen) atoms. The number of carbonyl (C=O) groups excluding carboxylic acids is 1. The molecule has 3 rings (SSSR count). The summed E-state index contributed by atoms with van der Waals surface area (Å²) >= 11 is 0. The second-order valence-corrected chi connectivity index (χ2v) is 7.98. The van der Waals surface area contributed by atoms with Gasteiger partial charge in [0, 0.05) is 30.5 Å². The van der Waals surface area contributed by atoms with Crippen molar-refractivity contribution in [2.24, 2.45) is 0 Å². The summed E-state index contributed by atoms with van der Waals surface area (Å²) in [6.07, 6.45) is 0. The monoisotopic (exact) mass is 466 g/mol. The molecule has 1 unspecified atom stereocenters. The molecule has 1 aliphatic rings. The summed E-state index contributed by atoms with van der Waals surface area (Å²) in [6.45, 7) is 4.41. The minimum Gasteiger partial charge on any atom is -0.478 e. The predicted octanol–water partition coefficient (Wildman–Crippen LogP) is 2.98. The van der Waals surface area contributed by atoms with Crippen LogP contribution < -0.4 is 5.32 Å². The van der Waals surface area contributed by atoms with Crippen LogP contribution in [-0.4, -0.2) is 52.1 Å². The van der Waals surface area contributed by atoms with E-state index in [1.54, 1.807) is 13.8 Å². The Kier molecular flexibility index (Phi) is 7.75. The molecule has 1 atom stereocenters. The zero-order chi connectivity index (χ0) is 24.8. The predicted molar refractivity (Wildman–Crippen MR) is 124 cm³/mol. The average molecular weight is 466 g/mol. The molecule has 10 nitrogen and oxygen atoms in total. The van der Waals surface area contributed by atoms with E-state index in [0.29, 0.717) is 24.5 Å². The molecule has 0 amide bonds. The van der Waals surface area contributed by atoms with Crippen LogP contribution in [0.4, 0.5) is 5.82 Å². The summed E-state index contributed by atoms with van der Waals surface area (Å²) in [7, 11) is 1.90. The Bertz CT molecular complexity index is 1160. The highest BCUT2D eigenvalue weighted by Gasteiger charge is 2.40. The third-order valence-electron chi connectivity index (χ3n) is 5.45. The van der Waals surface area contributed by atoms with Gasteiger partial charge in [-0.2, -0.15) is 0 Å². The van der Waals surface area contributed by atoms with Crippen LogP contribution in [0.25, 0.3) is 0 Å². The Morgan fingerprint density at radius 2 is 1.79 bits per heavy atom. The Labute approximate surface area is 196 Å². The van der Waals surface area contributed by atoms with Gasteiger partial charge in [0.1, 0.15) is 6.61 Å². The van der Waals surface area contributed by atoms with Crippen LogP contribution in [0.2, 0.25) is 0 Å². The van der Waals surface area contributed by atoms with Gasteiger partial charge in [-0.3, -0.25) is 4.90 Å². The normalized spacial score (nSPS) is 15.8. The van der Waals surface area contributed by atoms with Crippen molar-refractivity contribution in [1.82, 2.24) is 15.2 Å². The number of nitro groups is 1. The Hall–Kier alpha value is -4.05. The maximum absolute atomic E-state index is 13.1. The van der Waals surface area contributed by atoms with Crippen LogP contribution >= 0.6 is 0 Å². The van der Waals surface area contributed by atoms with E-state index in [-0.39, 0.29) is 23.4 Å². The Balaban J connectivity index is 1.81. The first-order valence-electron chi connectivity index (χ1n) is 10.6. The molecule has 1 aromatic carbocycles. The van der Waals surface area contributed by atoms with Crippen molar-refractivity contribution in [2.45, 2.75) is 26.3 Å². The van der Waals surface area contributed by atoms with E-state index in [0.717, 1.165) is 5.56 Å². The molecule has 0 radical (unpaired) electrons. The maximum atomic E-state index is 13.1. The van der Waals surface area contributed by atoms with Gasteiger partial charge in [0.2, 0.25) is 0 Å². The van der Waals surface area contributed by atoms with Gasteiger partial charge >= 0.3 is 17.8 Å². The first-order chi connectivity index (χ1) is 16.2. The number of dihydropyridines is 1. The number of carboxylic acids is 1. The fraction of sp³-hybridized carbons (Fsp3) is 0.292. The van der Waals surface area contributed by atoms with Gasteiger partial charge in [-0.05, 0) is 48.5 Å². The number of nitrogens with zero attached hydrogens (tertiary/aromatic N) is 3. The van der Waals surface area contributed by atoms with Crippen molar-refractivity contribution >= 4 is 17.8 Å². The number of carbonyl (C=O) groups is 2. The van der Waals surface area contributed by atoms with E-state index in [1.165, 1.54) is 18.2 Å². The molecule has 0 bridgehead atoms. The molecule has 2 heterocycles. The van der Waals surface area contributed by atoms with Crippen LogP contribution in [0.3, 0.4) is 0 Å². The zero-order valence-electron chi connectivity index (χ0n) is 19.1. The summed E-state index contributed by atoms with van der Waals surface area (Å²) in [6, 6.07) is 13.9. The fourth-order valence-corrected chi connectivity index (χ4v) is 3.89. The van der Waals surface area contributed by atoms with Gasteiger partial charge in [-0.25, -0.2) is 9.59 Å². The van der Waals surface area contributed by atoms with E-state index < -0.39 is 28.6 Å². The van der Waals surface area contributed by atoms with Crippen LogP contribution in [0.5, 0.6) is 0 Å². The van der Waals surface area contributed by atoms with Crippen molar-refractivity contribution < 1.29 is 24.4 Å². The average Bonchev–Trinajstić information content (AvgIpc) is 2.78. The van der Waals surface area contributed by atoms with Crippen molar-refractivity contribution in [2.75, 3.05) is 20.2 Å². The minimum absolute atomic E-state index is 0.0571. The molecular formula is C24H26N4O6. The van der Waals surface area contributed by atoms with Crippen LogP contribution in [0.15, 0.2) is 71.1 Å². The highest BCUT2D eigenvalue weighted by atomic mass is 16.6. The third-order valence-corrected chi connectivity index (χ3v) is 5.45. The number of aliphatic carboxylic acids is 1. The summed E-state index contributed by atoms with van der Waals surface area (Å²) in [5.41, 5.74) is 1.87. The number of allylic oxidation sites excluding steroid dienone is 2. The van der Waals surface area contributed by atoms with E-state index in [4.69, 9.17) is 4.74 Å². The number of ether oxygens (including phenoxy) is 1. The van der Waals surface area contributed by atoms with Crippen LogP contribution in [-0.2, 0) is 20.9 Å². The summed E-state index contributed by atoms with van der Waals surface area (Å²) in [5.74, 6) is -3.52. The first kappa shape index (κ1) is 24.6. The molecular weight excluding hydrogens is 440 g/mol. The van der Waals surface area contributed by atoms with E-state index >= 15 is 0 Å². The molecule has 2 N–H and O–H groups in total. The topological polar surface area (TPSA) is 135 Å². The SMILES string of the molecule is CC1=C(C(=O)O)C(c2cccc([N+](=O)[O-])n2)C(C(=O)OCCN(C)Cc2ccccc2)=C(C)N1. The van der Waals surface area contributed by atoms with Crippen molar-refractivity contribution in [1.29, 1.82) is 0 Å². The lowest BCUT2D eigenvalue weighted by Crippen LogP contribution is -2.33. The lowest BCUT2D eigenvalue weighted by molar-refractivity contribution is -0.389. The van der Waals surface area contributed by atoms with E-state index in [9.17, 15) is 24.8 Å². The molecule has 0 fully saturated rings. The number of nitrogens with one attached hydrogen (secondary N) is 1. The smallest absolute Gasteiger partial charge is 0.363 e. The Morgan fingerprint density at radius 1 is 1.12 bits per heavy atom. The first-order valence-corrected chi connectivity index (χ1v) is 10.6. The number of hydrogen-bond donors (Lipinski definition) is 2. The second kappa shape index (κ2) is 10.7. The van der Waals surface area contributed by atoms with Gasteiger partial charge in [0.15, 0.2) is 5.69 Å². The molecule has 0 saturated heterocycles. The quantitative estimate of drug-likeness (QED) is 0.325. The molecule has 2 aromatic rings. The van der Waals surface area contributed by atoms with Gasteiger partial charge in [0.25, 0.3) is 0 Å². The van der Waals surface area contributed by atoms with Crippen molar-refractivity contribution in [3.63, 3.8) is 0 Å². The number of hydrogen-bond acceptors (Lipinski definition) is 8. The zero-order valence-corrected chi connectivity index (χ0v) is 19.1. The standard InChI is InChI=1S/C24H26N4O6/c1-15-20(23(29)30)22(18-10-7-11-19(26-18)28(32)33)21(16(2)25-15)24(31)34-13-12-27(3)14-17-8-5-4-6-9-17/h4-11,22,25H,12-14H2,1-3H3,(H,29,30). The lowest BCUT2D eigenvalue weighted by atomic mass is 9.83. The number of benzene rings is 1. The minimum atomic E-state index is -1.26. The molecule has 0 saturated carbocycles. The number of rotatable bonds is 9.